The summed E-state index contributed by atoms with van der Waals surface area (Å²) in [5.41, 5.74) is 5.14. The van der Waals surface area contributed by atoms with Crippen LogP contribution < -0.4 is 10.6 Å². The van der Waals surface area contributed by atoms with E-state index in [-0.39, 0.29) is 11.8 Å². The van der Waals surface area contributed by atoms with E-state index in [1.807, 2.05) is 30.3 Å². The topological polar surface area (TPSA) is 99.8 Å². The molecule has 24 heavy (non-hydrogen) atoms. The Hall–Kier alpha value is -3.48. The number of H-pyrrole nitrogens is 1. The Morgan fingerprint density at radius 1 is 1.21 bits per heavy atom. The van der Waals surface area contributed by atoms with Crippen molar-refractivity contribution >= 4 is 45.9 Å². The zero-order valence-electron chi connectivity index (χ0n) is 12.8. The smallest absolute Gasteiger partial charge is 0.256 e. The van der Waals surface area contributed by atoms with Gasteiger partial charge >= 0.3 is 0 Å². The Balaban J connectivity index is 1.74. The van der Waals surface area contributed by atoms with Crippen molar-refractivity contribution < 1.29 is 9.59 Å². The zero-order valence-corrected chi connectivity index (χ0v) is 12.8. The highest BCUT2D eigenvalue weighted by molar-refractivity contribution is 6.35. The van der Waals surface area contributed by atoms with Crippen LogP contribution in [0.3, 0.4) is 0 Å². The molecule has 1 aromatic heterocycles. The Morgan fingerprint density at radius 2 is 2.08 bits per heavy atom. The Bertz CT molecular complexity index is 1020. The summed E-state index contributed by atoms with van der Waals surface area (Å²) >= 11 is 0. The second-order valence-corrected chi connectivity index (χ2v) is 5.54. The van der Waals surface area contributed by atoms with Crippen LogP contribution in [0.1, 0.15) is 18.1 Å². The minimum atomic E-state index is -0.176. The van der Waals surface area contributed by atoms with Gasteiger partial charge in [0.1, 0.15) is 5.52 Å². The normalized spacial score (nSPS) is 14.7. The van der Waals surface area contributed by atoms with Crippen molar-refractivity contribution in [2.75, 3.05) is 10.6 Å². The lowest BCUT2D eigenvalue weighted by Crippen LogP contribution is -2.06. The predicted molar refractivity (Wildman–Crippen MR) is 91.1 cm³/mol. The van der Waals surface area contributed by atoms with Crippen LogP contribution in [-0.4, -0.2) is 27.2 Å². The molecule has 0 fully saturated rings. The fourth-order valence-electron chi connectivity index (χ4n) is 2.73. The molecule has 0 aliphatic carbocycles. The van der Waals surface area contributed by atoms with E-state index in [2.05, 4.69) is 26.0 Å². The molecule has 0 bridgehead atoms. The maximum Gasteiger partial charge on any atom is 0.256 e. The molecule has 4 rings (SSSR count). The summed E-state index contributed by atoms with van der Waals surface area (Å²) in [4.78, 5) is 23.4. The largest absolute Gasteiger partial charge is 0.326 e. The van der Waals surface area contributed by atoms with Gasteiger partial charge in [-0.15, -0.1) is 5.10 Å². The van der Waals surface area contributed by atoms with Crippen molar-refractivity contribution in [1.82, 2.24) is 15.4 Å². The first-order chi connectivity index (χ1) is 11.6. The lowest BCUT2D eigenvalue weighted by molar-refractivity contribution is -0.114. The number of carbonyl (C=O) groups excluding carboxylic acids is 2. The SMILES string of the molecule is CC(=O)Nc1ccc2c(c1)NC(=O)C2=Cc1ccc2[nH]nnc2c1. The number of aromatic amines is 1. The second-order valence-electron chi connectivity index (χ2n) is 5.54. The van der Waals surface area contributed by atoms with Gasteiger partial charge in [0, 0.05) is 23.7 Å². The number of benzene rings is 2. The van der Waals surface area contributed by atoms with Gasteiger partial charge in [-0.2, -0.15) is 0 Å². The molecule has 2 heterocycles. The summed E-state index contributed by atoms with van der Waals surface area (Å²) in [5, 5.41) is 16.0. The van der Waals surface area contributed by atoms with Crippen molar-refractivity contribution in [3.63, 3.8) is 0 Å². The third-order valence-corrected chi connectivity index (χ3v) is 3.78. The average Bonchev–Trinajstić information content (AvgIpc) is 3.11. The summed E-state index contributed by atoms with van der Waals surface area (Å²) in [6.45, 7) is 1.44. The molecule has 118 valence electrons. The van der Waals surface area contributed by atoms with Gasteiger partial charge in [0.25, 0.3) is 5.91 Å². The maximum absolute atomic E-state index is 12.3. The van der Waals surface area contributed by atoms with E-state index >= 15 is 0 Å². The van der Waals surface area contributed by atoms with Crippen molar-refractivity contribution in [2.45, 2.75) is 6.92 Å². The summed E-state index contributed by atoms with van der Waals surface area (Å²) < 4.78 is 0. The monoisotopic (exact) mass is 319 g/mol. The first kappa shape index (κ1) is 14.1. The molecule has 7 heteroatoms. The van der Waals surface area contributed by atoms with Crippen molar-refractivity contribution in [3.8, 4) is 0 Å². The summed E-state index contributed by atoms with van der Waals surface area (Å²) in [7, 11) is 0. The molecule has 0 atom stereocenters. The number of fused-ring (bicyclic) bond motifs is 2. The van der Waals surface area contributed by atoms with Gasteiger partial charge in [-0.25, -0.2) is 0 Å². The van der Waals surface area contributed by atoms with Gasteiger partial charge < -0.3 is 10.6 Å². The van der Waals surface area contributed by atoms with Crippen molar-refractivity contribution in [2.24, 2.45) is 0 Å². The van der Waals surface area contributed by atoms with Crippen molar-refractivity contribution in [1.29, 1.82) is 0 Å². The van der Waals surface area contributed by atoms with E-state index in [1.165, 1.54) is 6.92 Å². The lowest BCUT2D eigenvalue weighted by Gasteiger charge is -2.04. The van der Waals surface area contributed by atoms with Gasteiger partial charge in [0.05, 0.1) is 11.2 Å². The van der Waals surface area contributed by atoms with Crippen molar-refractivity contribution in [3.05, 3.63) is 47.5 Å². The Kier molecular flexibility index (Phi) is 3.13. The number of rotatable bonds is 2. The fourth-order valence-corrected chi connectivity index (χ4v) is 2.73. The van der Waals surface area contributed by atoms with E-state index in [9.17, 15) is 9.59 Å². The quantitative estimate of drug-likeness (QED) is 0.631. The number of hydrogen-bond acceptors (Lipinski definition) is 4. The molecular weight excluding hydrogens is 306 g/mol. The van der Waals surface area contributed by atoms with Gasteiger partial charge in [-0.3, -0.25) is 14.7 Å². The summed E-state index contributed by atoms with van der Waals surface area (Å²) in [6, 6.07) is 11.0. The van der Waals surface area contributed by atoms with Crippen LogP contribution in [0.5, 0.6) is 0 Å². The van der Waals surface area contributed by atoms with Crippen LogP contribution in [0.15, 0.2) is 36.4 Å². The van der Waals surface area contributed by atoms with Gasteiger partial charge in [0.2, 0.25) is 5.91 Å². The predicted octanol–water partition coefficient (Wildman–Crippen LogP) is 2.41. The molecule has 0 saturated carbocycles. The molecular formula is C17H13N5O2. The van der Waals surface area contributed by atoms with E-state index in [4.69, 9.17) is 0 Å². The van der Waals surface area contributed by atoms with Crippen LogP contribution >= 0.6 is 0 Å². The number of hydrogen-bond donors (Lipinski definition) is 3. The Morgan fingerprint density at radius 3 is 2.92 bits per heavy atom. The van der Waals surface area contributed by atoms with Gasteiger partial charge in [0.15, 0.2) is 0 Å². The molecule has 0 unspecified atom stereocenters. The summed E-state index contributed by atoms with van der Waals surface area (Å²) in [5.74, 6) is -0.332. The number of anilines is 2. The molecule has 7 nitrogen and oxygen atoms in total. The molecule has 2 aromatic carbocycles. The third kappa shape index (κ3) is 2.41. The highest BCUT2D eigenvalue weighted by Gasteiger charge is 2.24. The molecule has 0 saturated heterocycles. The van der Waals surface area contributed by atoms with Crippen LogP contribution in [0, 0.1) is 0 Å². The van der Waals surface area contributed by atoms with E-state index in [0.29, 0.717) is 16.9 Å². The summed E-state index contributed by atoms with van der Waals surface area (Å²) in [6.07, 6.45) is 1.81. The first-order valence-corrected chi connectivity index (χ1v) is 7.36. The molecule has 3 aromatic rings. The molecule has 0 radical (unpaired) electrons. The van der Waals surface area contributed by atoms with Crippen LogP contribution in [0.2, 0.25) is 0 Å². The van der Waals surface area contributed by atoms with Crippen LogP contribution in [0.4, 0.5) is 11.4 Å². The van der Waals surface area contributed by atoms with E-state index in [1.54, 1.807) is 12.1 Å². The standard InChI is InChI=1S/C17H13N5O2/c1-9(23)18-11-3-4-12-13(17(24)19-15(12)8-11)6-10-2-5-14-16(7-10)21-22-20-14/h2-8H,1H3,(H,18,23)(H,19,24)(H,20,21,22). The number of nitrogens with one attached hydrogen (secondary N) is 3. The number of amides is 2. The Labute approximate surface area is 136 Å². The molecule has 0 spiro atoms. The van der Waals surface area contributed by atoms with Crippen LogP contribution in [-0.2, 0) is 9.59 Å². The lowest BCUT2D eigenvalue weighted by atomic mass is 10.0. The highest BCUT2D eigenvalue weighted by atomic mass is 16.2. The minimum Gasteiger partial charge on any atom is -0.326 e. The zero-order chi connectivity index (χ0) is 16.7. The second kappa shape index (κ2) is 5.31. The molecule has 2 amide bonds. The molecule has 1 aliphatic rings. The molecule has 3 N–H and O–H groups in total. The van der Waals surface area contributed by atoms with E-state index < -0.39 is 0 Å². The highest BCUT2D eigenvalue weighted by Crippen LogP contribution is 2.35. The first-order valence-electron chi connectivity index (χ1n) is 7.36. The third-order valence-electron chi connectivity index (χ3n) is 3.78. The van der Waals surface area contributed by atoms with Crippen LogP contribution in [0.25, 0.3) is 22.7 Å². The fraction of sp³-hybridized carbons (Fsp3) is 0.0588. The van der Waals surface area contributed by atoms with E-state index in [0.717, 1.165) is 22.2 Å². The number of aromatic nitrogens is 3. The van der Waals surface area contributed by atoms with Gasteiger partial charge in [-0.1, -0.05) is 17.3 Å². The maximum atomic E-state index is 12.3. The van der Waals surface area contributed by atoms with Gasteiger partial charge in [-0.05, 0) is 35.9 Å². The number of nitrogens with zero attached hydrogens (tertiary/aromatic N) is 2. The number of carbonyl (C=O) groups is 2. The molecule has 1 aliphatic heterocycles. The average molecular weight is 319 g/mol. The minimum absolute atomic E-state index is 0.157.